The second-order valence-corrected chi connectivity index (χ2v) is 8.91. The number of hydrogen-bond acceptors (Lipinski definition) is 9. The number of aryl methyl sites for hydroxylation is 2. The number of carbonyl (C=O) groups is 1. The van der Waals surface area contributed by atoms with Gasteiger partial charge in [0.05, 0.1) is 30.6 Å². The number of rotatable bonds is 9. The lowest BCUT2D eigenvalue weighted by Gasteiger charge is -2.17. The summed E-state index contributed by atoms with van der Waals surface area (Å²) < 4.78 is 13.5. The van der Waals surface area contributed by atoms with E-state index in [2.05, 4.69) is 30.7 Å². The van der Waals surface area contributed by atoms with Gasteiger partial charge in [-0.3, -0.25) is 4.68 Å². The standard InChI is InChI=1S/C27H27N7O4.2C2H6/c1-15-12-17(3)34(33-15)14-16(2)29-27-28-13-19(26(35)36)24(32-27)30-21-10-7-8-18(23(21)37-4)25-31-20-9-5-6-11-22(20)38-25;2*1-2/h5-13,16H,14H2,1-4H3,(H,35,36)(H2,28,29,30,32);2*1-2H3. The van der Waals surface area contributed by atoms with Crippen LogP contribution in [0.25, 0.3) is 22.6 Å². The first-order chi connectivity index (χ1) is 20.3. The number of nitrogens with one attached hydrogen (secondary N) is 2. The van der Waals surface area contributed by atoms with Crippen molar-refractivity contribution < 1.29 is 19.1 Å². The van der Waals surface area contributed by atoms with Crippen LogP contribution in [0.2, 0.25) is 0 Å². The van der Waals surface area contributed by atoms with Gasteiger partial charge in [-0.2, -0.15) is 10.1 Å². The van der Waals surface area contributed by atoms with E-state index in [0.717, 1.165) is 16.9 Å². The van der Waals surface area contributed by atoms with Gasteiger partial charge in [0, 0.05) is 17.9 Å². The molecule has 0 amide bonds. The van der Waals surface area contributed by atoms with Crippen LogP contribution in [-0.2, 0) is 6.54 Å². The fourth-order valence-corrected chi connectivity index (χ4v) is 4.23. The number of benzene rings is 2. The van der Waals surface area contributed by atoms with Crippen molar-refractivity contribution >= 4 is 34.5 Å². The maximum Gasteiger partial charge on any atom is 0.341 e. The van der Waals surface area contributed by atoms with Crippen molar-refractivity contribution in [1.82, 2.24) is 24.7 Å². The van der Waals surface area contributed by atoms with Crippen molar-refractivity contribution in [2.45, 2.75) is 61.1 Å². The van der Waals surface area contributed by atoms with Crippen molar-refractivity contribution in [2.24, 2.45) is 0 Å². The molecule has 1 unspecified atom stereocenters. The molecule has 0 aliphatic carbocycles. The highest BCUT2D eigenvalue weighted by Gasteiger charge is 2.20. The van der Waals surface area contributed by atoms with Gasteiger partial charge in [0.15, 0.2) is 17.2 Å². The Bertz CT molecular complexity index is 1590. The first-order valence-corrected chi connectivity index (χ1v) is 14.0. The van der Waals surface area contributed by atoms with Crippen LogP contribution in [0.15, 0.2) is 59.1 Å². The SMILES string of the molecule is CC.CC.COc1c(Nc2nc(NC(C)Cn3nc(C)cc3C)ncc2C(=O)O)cccc1-c1nc2ccccc2o1. The number of ether oxygens (including phenoxy) is 1. The molecule has 11 nitrogen and oxygen atoms in total. The number of para-hydroxylation sites is 3. The van der Waals surface area contributed by atoms with Crippen molar-refractivity contribution in [2.75, 3.05) is 17.7 Å². The number of hydrogen-bond donors (Lipinski definition) is 3. The monoisotopic (exact) mass is 573 g/mol. The van der Waals surface area contributed by atoms with Gasteiger partial charge >= 0.3 is 5.97 Å². The Kier molecular flexibility index (Phi) is 11.0. The maximum absolute atomic E-state index is 12.0. The number of anilines is 3. The summed E-state index contributed by atoms with van der Waals surface area (Å²) in [6.07, 6.45) is 1.27. The summed E-state index contributed by atoms with van der Waals surface area (Å²) >= 11 is 0. The predicted octanol–water partition coefficient (Wildman–Crippen LogP) is 7.10. The molecule has 0 aliphatic heterocycles. The second-order valence-electron chi connectivity index (χ2n) is 8.91. The molecule has 5 rings (SSSR count). The van der Waals surface area contributed by atoms with Crippen molar-refractivity contribution in [3.8, 4) is 17.2 Å². The number of aromatic carboxylic acids is 1. The fraction of sp³-hybridized carbons (Fsp3) is 0.323. The number of oxazole rings is 1. The van der Waals surface area contributed by atoms with Crippen molar-refractivity contribution in [3.05, 3.63) is 71.7 Å². The minimum Gasteiger partial charge on any atom is -0.494 e. The third-order valence-corrected chi connectivity index (χ3v) is 5.94. The molecule has 1 atom stereocenters. The van der Waals surface area contributed by atoms with Crippen LogP contribution in [0.1, 0.15) is 56.4 Å². The molecule has 3 N–H and O–H groups in total. The highest BCUT2D eigenvalue weighted by atomic mass is 16.5. The number of aromatic nitrogens is 5. The quantitative estimate of drug-likeness (QED) is 0.167. The lowest BCUT2D eigenvalue weighted by atomic mass is 10.1. The summed E-state index contributed by atoms with van der Waals surface area (Å²) in [6, 6.07) is 14.8. The van der Waals surface area contributed by atoms with Gasteiger partial charge in [0.25, 0.3) is 0 Å². The molecule has 3 aromatic heterocycles. The Balaban J connectivity index is 0.00000116. The molecule has 0 aliphatic rings. The summed E-state index contributed by atoms with van der Waals surface area (Å²) in [4.78, 5) is 25.2. The summed E-state index contributed by atoms with van der Waals surface area (Å²) in [5.41, 5.74) is 4.38. The zero-order valence-corrected chi connectivity index (χ0v) is 25.4. The lowest BCUT2D eigenvalue weighted by molar-refractivity contribution is 0.0697. The molecular weight excluding hydrogens is 534 g/mol. The Morgan fingerprint density at radius 3 is 2.45 bits per heavy atom. The van der Waals surface area contributed by atoms with E-state index in [9.17, 15) is 9.90 Å². The van der Waals surface area contributed by atoms with Crippen LogP contribution in [0.5, 0.6) is 5.75 Å². The number of carboxylic acid groups (broad SMARTS) is 1. The normalized spacial score (nSPS) is 11.0. The highest BCUT2D eigenvalue weighted by Crippen LogP contribution is 2.38. The summed E-state index contributed by atoms with van der Waals surface area (Å²) in [5, 5.41) is 20.6. The van der Waals surface area contributed by atoms with E-state index in [0.29, 0.717) is 35.0 Å². The molecule has 2 aromatic carbocycles. The van der Waals surface area contributed by atoms with Crippen LogP contribution in [0.3, 0.4) is 0 Å². The molecule has 0 spiro atoms. The van der Waals surface area contributed by atoms with Crippen molar-refractivity contribution in [1.29, 1.82) is 0 Å². The summed E-state index contributed by atoms with van der Waals surface area (Å²) in [7, 11) is 1.53. The number of nitrogens with zero attached hydrogens (tertiary/aromatic N) is 5. The highest BCUT2D eigenvalue weighted by molar-refractivity contribution is 5.94. The van der Waals surface area contributed by atoms with Crippen LogP contribution in [0.4, 0.5) is 17.5 Å². The predicted molar refractivity (Wildman–Crippen MR) is 166 cm³/mol. The maximum atomic E-state index is 12.0. The molecule has 222 valence electrons. The Morgan fingerprint density at radius 2 is 1.81 bits per heavy atom. The van der Waals surface area contributed by atoms with E-state index in [1.165, 1.54) is 13.3 Å². The fourth-order valence-electron chi connectivity index (χ4n) is 4.23. The first kappa shape index (κ1) is 31.6. The van der Waals surface area contributed by atoms with E-state index >= 15 is 0 Å². The Morgan fingerprint density at radius 1 is 1.07 bits per heavy atom. The van der Waals surface area contributed by atoms with Crippen molar-refractivity contribution in [3.63, 3.8) is 0 Å². The van der Waals surface area contributed by atoms with Crippen LogP contribution < -0.4 is 15.4 Å². The molecule has 11 heteroatoms. The number of fused-ring (bicyclic) bond motifs is 1. The lowest BCUT2D eigenvalue weighted by Crippen LogP contribution is -2.24. The molecule has 5 aromatic rings. The minimum atomic E-state index is -1.16. The largest absolute Gasteiger partial charge is 0.494 e. The zero-order valence-electron chi connectivity index (χ0n) is 25.4. The van der Waals surface area contributed by atoms with Gasteiger partial charge in [-0.15, -0.1) is 0 Å². The van der Waals surface area contributed by atoms with Crippen LogP contribution in [0, 0.1) is 13.8 Å². The van der Waals surface area contributed by atoms with E-state index in [1.807, 2.05) is 89.5 Å². The average molecular weight is 574 g/mol. The number of carboxylic acids is 1. The van der Waals surface area contributed by atoms with Gasteiger partial charge in [-0.1, -0.05) is 45.9 Å². The van der Waals surface area contributed by atoms with Crippen LogP contribution >= 0.6 is 0 Å². The molecular formula is C31H39N7O4. The average Bonchev–Trinajstić information content (AvgIpc) is 3.56. The molecule has 0 radical (unpaired) electrons. The van der Waals surface area contributed by atoms with E-state index in [4.69, 9.17) is 9.15 Å². The van der Waals surface area contributed by atoms with Gasteiger partial charge in [-0.05, 0) is 51.1 Å². The van der Waals surface area contributed by atoms with Gasteiger partial charge in [0.1, 0.15) is 11.1 Å². The second kappa shape index (κ2) is 14.6. The molecule has 0 fully saturated rings. The summed E-state index contributed by atoms with van der Waals surface area (Å²) in [5.74, 6) is 0.0420. The Labute approximate surface area is 246 Å². The number of methoxy groups -OCH3 is 1. The molecule has 42 heavy (non-hydrogen) atoms. The van der Waals surface area contributed by atoms with E-state index in [-0.39, 0.29) is 23.4 Å². The van der Waals surface area contributed by atoms with Gasteiger partial charge in [0.2, 0.25) is 11.8 Å². The minimum absolute atomic E-state index is 0.0754. The topological polar surface area (TPSA) is 140 Å². The van der Waals surface area contributed by atoms with E-state index < -0.39 is 5.97 Å². The third kappa shape index (κ3) is 7.22. The molecule has 0 bridgehead atoms. The van der Waals surface area contributed by atoms with Gasteiger partial charge < -0.3 is 24.9 Å². The first-order valence-electron chi connectivity index (χ1n) is 14.0. The van der Waals surface area contributed by atoms with Gasteiger partial charge in [-0.25, -0.2) is 14.8 Å². The third-order valence-electron chi connectivity index (χ3n) is 5.94. The summed E-state index contributed by atoms with van der Waals surface area (Å²) in [6.45, 7) is 14.5. The molecule has 3 heterocycles. The molecule has 0 saturated carbocycles. The zero-order chi connectivity index (χ0) is 30.8. The van der Waals surface area contributed by atoms with Crippen LogP contribution in [-0.4, -0.2) is 49.0 Å². The Hall–Kier alpha value is -4.93. The molecule has 0 saturated heterocycles. The smallest absolute Gasteiger partial charge is 0.341 e. The van der Waals surface area contributed by atoms with E-state index in [1.54, 1.807) is 12.1 Å².